The summed E-state index contributed by atoms with van der Waals surface area (Å²) in [5.74, 6) is -1.90. The number of hydrogen-bond donors (Lipinski definition) is 1. The van der Waals surface area contributed by atoms with E-state index in [1.54, 1.807) is 24.3 Å². The lowest BCUT2D eigenvalue weighted by Gasteiger charge is -2.32. The lowest BCUT2D eigenvalue weighted by Crippen LogP contribution is -2.40. The van der Waals surface area contributed by atoms with Crippen molar-refractivity contribution in [2.24, 2.45) is 11.8 Å². The van der Waals surface area contributed by atoms with E-state index < -0.39 is 18.1 Å². The van der Waals surface area contributed by atoms with Gasteiger partial charge in [-0.25, -0.2) is 4.79 Å². The summed E-state index contributed by atoms with van der Waals surface area (Å²) in [5, 5.41) is 8.94. The van der Waals surface area contributed by atoms with Crippen molar-refractivity contribution in [3.8, 4) is 0 Å². The van der Waals surface area contributed by atoms with Gasteiger partial charge in [0.25, 0.3) is 0 Å². The minimum atomic E-state index is -4.09. The van der Waals surface area contributed by atoms with Crippen molar-refractivity contribution in [2.45, 2.75) is 25.1 Å². The van der Waals surface area contributed by atoms with E-state index in [2.05, 4.69) is 0 Å². The quantitative estimate of drug-likeness (QED) is 0.818. The molecule has 1 N–H and O–H groups in total. The summed E-state index contributed by atoms with van der Waals surface area (Å²) in [6.45, 7) is 1.79. The third-order valence-corrected chi connectivity index (χ3v) is 4.73. The first-order chi connectivity index (χ1) is 11.8. The van der Waals surface area contributed by atoms with Crippen molar-refractivity contribution in [3.63, 3.8) is 0 Å². The molecular weight excluding hydrogens is 339 g/mol. The highest BCUT2D eigenvalue weighted by molar-refractivity contribution is 5.85. The molecule has 1 saturated heterocycles. The number of ether oxygens (including phenoxy) is 2. The third-order valence-electron chi connectivity index (χ3n) is 4.73. The zero-order valence-electron chi connectivity index (χ0n) is 13.5. The average Bonchev–Trinajstić information content (AvgIpc) is 2.98. The summed E-state index contributed by atoms with van der Waals surface area (Å²) < 4.78 is 48.9. The maximum absolute atomic E-state index is 12.6. The number of hydrogen-bond acceptors (Lipinski definition) is 4. The van der Waals surface area contributed by atoms with E-state index >= 15 is 0 Å². The largest absolute Gasteiger partial charge is 0.493 e. The number of carboxylic acid groups (broad SMARTS) is 1. The Morgan fingerprint density at radius 3 is 2.68 bits per heavy atom. The molecule has 0 radical (unpaired) electrons. The highest BCUT2D eigenvalue weighted by atomic mass is 19.4. The lowest BCUT2D eigenvalue weighted by molar-refractivity contribution is -0.185. The fraction of sp³-hybridized carbons (Fsp3) is 0.588. The first-order valence-electron chi connectivity index (χ1n) is 8.26. The van der Waals surface area contributed by atoms with Gasteiger partial charge in [-0.2, -0.15) is 13.2 Å². The van der Waals surface area contributed by atoms with Crippen LogP contribution in [-0.2, 0) is 14.3 Å². The maximum Gasteiger partial charge on any atom is 0.391 e. The summed E-state index contributed by atoms with van der Waals surface area (Å²) in [7, 11) is 0. The van der Waals surface area contributed by atoms with Crippen LogP contribution in [0.1, 0.15) is 12.8 Å². The molecule has 1 aliphatic carbocycles. The van der Waals surface area contributed by atoms with E-state index in [9.17, 15) is 18.0 Å². The molecule has 1 fully saturated rings. The Hall–Kier alpha value is -1.96. The monoisotopic (exact) mass is 359 g/mol. The van der Waals surface area contributed by atoms with Crippen molar-refractivity contribution < 1.29 is 32.5 Å². The van der Waals surface area contributed by atoms with Crippen LogP contribution in [0.15, 0.2) is 35.8 Å². The van der Waals surface area contributed by atoms with Gasteiger partial charge in [0.15, 0.2) is 0 Å². The maximum atomic E-state index is 12.6. The number of carboxylic acids is 1. The Balaban J connectivity index is 1.42. The van der Waals surface area contributed by atoms with Crippen LogP contribution in [0.25, 0.3) is 0 Å². The zero-order valence-corrected chi connectivity index (χ0v) is 13.5. The number of alkyl halides is 3. The van der Waals surface area contributed by atoms with E-state index in [1.807, 2.05) is 4.90 Å². The highest BCUT2D eigenvalue weighted by Gasteiger charge is 2.41. The molecule has 0 saturated carbocycles. The Labute approximate surface area is 143 Å². The number of rotatable bonds is 5. The van der Waals surface area contributed by atoms with Gasteiger partial charge in [0.1, 0.15) is 18.5 Å². The van der Waals surface area contributed by atoms with Gasteiger partial charge < -0.3 is 14.6 Å². The van der Waals surface area contributed by atoms with Gasteiger partial charge in [-0.3, -0.25) is 4.90 Å². The van der Waals surface area contributed by atoms with Crippen LogP contribution >= 0.6 is 0 Å². The normalized spacial score (nSPS) is 27.3. The molecule has 2 aliphatic heterocycles. The summed E-state index contributed by atoms with van der Waals surface area (Å²) in [6, 6.07) is 0. The number of carbonyl (C=O) groups is 1. The molecule has 2 atom stereocenters. The van der Waals surface area contributed by atoms with E-state index in [1.165, 1.54) is 0 Å². The van der Waals surface area contributed by atoms with Crippen LogP contribution in [0, 0.1) is 11.8 Å². The van der Waals surface area contributed by atoms with Crippen LogP contribution in [-0.4, -0.2) is 54.5 Å². The van der Waals surface area contributed by atoms with Crippen molar-refractivity contribution >= 4 is 5.97 Å². The molecule has 0 amide bonds. The molecule has 3 aliphatic rings. The van der Waals surface area contributed by atoms with Crippen LogP contribution in [0.3, 0.4) is 0 Å². The summed E-state index contributed by atoms with van der Waals surface area (Å²) in [5.41, 5.74) is 0. The molecule has 2 heterocycles. The number of fused-ring (bicyclic) bond motifs is 1. The molecule has 5 nitrogen and oxygen atoms in total. The summed E-state index contributed by atoms with van der Waals surface area (Å²) in [4.78, 5) is 12.9. The average molecular weight is 359 g/mol. The SMILES string of the molecule is O=C(O)C1=CC2C=C(OCCN3CCC(C(F)(F)F)CC3)C=CC2O1. The predicted molar refractivity (Wildman–Crippen MR) is 82.5 cm³/mol. The minimum absolute atomic E-state index is 0.0651. The number of halogens is 3. The first-order valence-corrected chi connectivity index (χ1v) is 8.26. The van der Waals surface area contributed by atoms with Gasteiger partial charge in [0.05, 0.1) is 5.92 Å². The molecule has 0 spiro atoms. The lowest BCUT2D eigenvalue weighted by atomic mass is 9.96. The fourth-order valence-corrected chi connectivity index (χ4v) is 3.27. The molecule has 2 unspecified atom stereocenters. The van der Waals surface area contributed by atoms with Crippen LogP contribution in [0.5, 0.6) is 0 Å². The van der Waals surface area contributed by atoms with Gasteiger partial charge in [-0.1, -0.05) is 0 Å². The molecule has 0 bridgehead atoms. The number of piperidine rings is 1. The molecule has 8 heteroatoms. The second-order valence-electron chi connectivity index (χ2n) is 6.43. The Kier molecular flexibility index (Phi) is 5.08. The Morgan fingerprint density at radius 2 is 2.04 bits per heavy atom. The smallest absolute Gasteiger partial charge is 0.391 e. The van der Waals surface area contributed by atoms with E-state index in [-0.39, 0.29) is 30.6 Å². The highest BCUT2D eigenvalue weighted by Crippen LogP contribution is 2.34. The van der Waals surface area contributed by atoms with Crippen molar-refractivity contribution in [1.82, 2.24) is 4.90 Å². The summed E-state index contributed by atoms with van der Waals surface area (Å²) >= 11 is 0. The topological polar surface area (TPSA) is 59.0 Å². The van der Waals surface area contributed by atoms with Gasteiger partial charge >= 0.3 is 12.1 Å². The van der Waals surface area contributed by atoms with Crippen molar-refractivity contribution in [1.29, 1.82) is 0 Å². The molecule has 0 aromatic rings. The van der Waals surface area contributed by atoms with Crippen LogP contribution < -0.4 is 0 Å². The zero-order chi connectivity index (χ0) is 18.0. The van der Waals surface area contributed by atoms with E-state index in [0.29, 0.717) is 32.0 Å². The number of nitrogens with zero attached hydrogens (tertiary/aromatic N) is 1. The molecule has 138 valence electrons. The van der Waals surface area contributed by atoms with Crippen LogP contribution in [0.2, 0.25) is 0 Å². The summed E-state index contributed by atoms with van der Waals surface area (Å²) in [6.07, 6.45) is 2.68. The number of aliphatic carboxylic acids is 1. The molecular formula is C17H20F3NO4. The number of likely N-dealkylation sites (tertiary alicyclic amines) is 1. The van der Waals surface area contributed by atoms with E-state index in [0.717, 1.165) is 0 Å². The third kappa shape index (κ3) is 4.36. The van der Waals surface area contributed by atoms with Gasteiger partial charge in [-0.05, 0) is 50.2 Å². The van der Waals surface area contributed by atoms with Gasteiger partial charge in [0, 0.05) is 12.5 Å². The van der Waals surface area contributed by atoms with E-state index in [4.69, 9.17) is 14.6 Å². The predicted octanol–water partition coefficient (Wildman–Crippen LogP) is 2.71. The second-order valence-corrected chi connectivity index (χ2v) is 6.43. The van der Waals surface area contributed by atoms with Gasteiger partial charge in [0.2, 0.25) is 5.76 Å². The molecule has 3 rings (SSSR count). The van der Waals surface area contributed by atoms with Gasteiger partial charge in [-0.15, -0.1) is 0 Å². The second kappa shape index (κ2) is 7.11. The Bertz CT molecular complexity index is 604. The van der Waals surface area contributed by atoms with Crippen molar-refractivity contribution in [2.75, 3.05) is 26.2 Å². The van der Waals surface area contributed by atoms with Crippen LogP contribution in [0.4, 0.5) is 13.2 Å². The first kappa shape index (κ1) is 17.8. The minimum Gasteiger partial charge on any atom is -0.493 e. The van der Waals surface area contributed by atoms with Crippen molar-refractivity contribution in [3.05, 3.63) is 35.8 Å². The fourth-order valence-electron chi connectivity index (χ4n) is 3.27. The molecule has 0 aromatic carbocycles. The Morgan fingerprint density at radius 1 is 1.32 bits per heavy atom. The molecule has 25 heavy (non-hydrogen) atoms. The number of allylic oxidation sites excluding steroid dienone is 1. The standard InChI is InChI=1S/C17H20F3NO4/c18-17(19,20)12-3-5-21(6-4-12)7-8-24-13-1-2-14-11(9-13)10-15(25-14)16(22)23/h1-2,9-12,14H,3-8H2,(H,22,23). The molecule has 0 aromatic heterocycles.